The molecule has 39 heavy (non-hydrogen) atoms. The SMILES string of the molecule is CCOC(=O)C1=C(C)N=c2s/c(=C\c3ccc(-c4ccc([N+](=O)[O-])cc4)o3)c(=O)n2[C@@H]1c1ccc(SC)cc1. The second-order valence-electron chi connectivity index (χ2n) is 8.58. The molecule has 11 heteroatoms. The van der Waals surface area contributed by atoms with Gasteiger partial charge in [-0.05, 0) is 62.1 Å². The highest BCUT2D eigenvalue weighted by Gasteiger charge is 2.33. The summed E-state index contributed by atoms with van der Waals surface area (Å²) >= 11 is 2.81. The summed E-state index contributed by atoms with van der Waals surface area (Å²) in [7, 11) is 0. The van der Waals surface area contributed by atoms with Gasteiger partial charge in [-0.25, -0.2) is 9.79 Å². The molecule has 1 aliphatic rings. The zero-order valence-electron chi connectivity index (χ0n) is 21.2. The Morgan fingerprint density at radius 3 is 2.54 bits per heavy atom. The molecule has 0 amide bonds. The van der Waals surface area contributed by atoms with Crippen molar-refractivity contribution in [3.05, 3.63) is 113 Å². The summed E-state index contributed by atoms with van der Waals surface area (Å²) in [5.74, 6) is 0.442. The van der Waals surface area contributed by atoms with E-state index in [0.29, 0.717) is 37.7 Å². The van der Waals surface area contributed by atoms with Crippen LogP contribution in [-0.2, 0) is 9.53 Å². The van der Waals surface area contributed by atoms with Crippen LogP contribution in [-0.4, -0.2) is 28.3 Å². The van der Waals surface area contributed by atoms with Crippen LogP contribution in [0.15, 0.2) is 91.0 Å². The van der Waals surface area contributed by atoms with E-state index in [-0.39, 0.29) is 17.9 Å². The number of rotatable bonds is 7. The summed E-state index contributed by atoms with van der Waals surface area (Å²) in [6, 6.07) is 16.5. The molecule has 2 aromatic carbocycles. The van der Waals surface area contributed by atoms with Crippen LogP contribution in [0.4, 0.5) is 5.69 Å². The molecule has 5 rings (SSSR count). The first-order chi connectivity index (χ1) is 18.8. The van der Waals surface area contributed by atoms with Crippen LogP contribution in [0, 0.1) is 10.1 Å². The third kappa shape index (κ3) is 5.10. The Hall–Kier alpha value is -4.22. The molecule has 0 saturated heterocycles. The molecule has 0 spiro atoms. The molecule has 9 nitrogen and oxygen atoms in total. The van der Waals surface area contributed by atoms with Gasteiger partial charge in [-0.3, -0.25) is 19.5 Å². The number of carbonyl (C=O) groups is 1. The Morgan fingerprint density at radius 1 is 1.18 bits per heavy atom. The predicted molar refractivity (Wildman–Crippen MR) is 149 cm³/mol. The molecule has 0 fully saturated rings. The van der Waals surface area contributed by atoms with Crippen molar-refractivity contribution in [2.75, 3.05) is 12.9 Å². The number of ether oxygens (including phenoxy) is 1. The van der Waals surface area contributed by atoms with E-state index < -0.39 is 16.9 Å². The smallest absolute Gasteiger partial charge is 0.338 e. The summed E-state index contributed by atoms with van der Waals surface area (Å²) in [5, 5.41) is 10.9. The lowest BCUT2D eigenvalue weighted by Crippen LogP contribution is -2.39. The molecule has 1 atom stereocenters. The second-order valence-corrected chi connectivity index (χ2v) is 10.5. The lowest BCUT2D eigenvalue weighted by Gasteiger charge is -2.24. The fourth-order valence-electron chi connectivity index (χ4n) is 4.36. The number of thioether (sulfide) groups is 1. The van der Waals surface area contributed by atoms with Gasteiger partial charge in [0.1, 0.15) is 11.5 Å². The quantitative estimate of drug-likeness (QED) is 0.139. The molecule has 0 saturated carbocycles. The summed E-state index contributed by atoms with van der Waals surface area (Å²) in [6.45, 7) is 3.68. The maximum absolute atomic E-state index is 13.7. The molecular formula is C28H23N3O6S2. The van der Waals surface area contributed by atoms with Crippen LogP contribution in [0.1, 0.15) is 31.2 Å². The Morgan fingerprint density at radius 2 is 1.90 bits per heavy atom. The molecule has 0 aliphatic carbocycles. The van der Waals surface area contributed by atoms with Crippen LogP contribution in [0.5, 0.6) is 0 Å². The number of fused-ring (bicyclic) bond motifs is 1. The number of hydrogen-bond acceptors (Lipinski definition) is 9. The highest BCUT2D eigenvalue weighted by molar-refractivity contribution is 7.98. The van der Waals surface area contributed by atoms with Crippen molar-refractivity contribution in [1.82, 2.24) is 4.57 Å². The maximum atomic E-state index is 13.7. The monoisotopic (exact) mass is 561 g/mol. The number of carbonyl (C=O) groups excluding carboxylic acids is 1. The molecule has 4 aromatic rings. The van der Waals surface area contributed by atoms with Crippen molar-refractivity contribution in [2.45, 2.75) is 24.8 Å². The van der Waals surface area contributed by atoms with Crippen LogP contribution in [0.3, 0.4) is 0 Å². The van der Waals surface area contributed by atoms with E-state index in [2.05, 4.69) is 4.99 Å². The molecule has 0 bridgehead atoms. The van der Waals surface area contributed by atoms with E-state index >= 15 is 0 Å². The standard InChI is InChI=1S/C28H23N3O6S2/c1-4-36-27(33)24-16(2)29-28-30(25(24)18-7-12-21(38-3)13-8-18)26(32)23(39-28)15-20-11-14-22(37-20)17-5-9-19(10-6-17)31(34)35/h5-15,25H,4H2,1-3H3/b23-15-/t25-/m1/s1. The average Bonchev–Trinajstić information content (AvgIpc) is 3.52. The number of furan rings is 1. The zero-order chi connectivity index (χ0) is 27.7. The van der Waals surface area contributed by atoms with Crippen molar-refractivity contribution in [3.8, 4) is 11.3 Å². The fourth-order valence-corrected chi connectivity index (χ4v) is 5.79. The molecule has 2 aromatic heterocycles. The predicted octanol–water partition coefficient (Wildman–Crippen LogP) is 4.69. The van der Waals surface area contributed by atoms with Crippen LogP contribution in [0.25, 0.3) is 17.4 Å². The van der Waals surface area contributed by atoms with Crippen molar-refractivity contribution in [2.24, 2.45) is 4.99 Å². The second kappa shape index (κ2) is 10.9. The summed E-state index contributed by atoms with van der Waals surface area (Å²) in [5.41, 5.74) is 1.95. The lowest BCUT2D eigenvalue weighted by atomic mass is 9.96. The number of esters is 1. The minimum atomic E-state index is -0.689. The maximum Gasteiger partial charge on any atom is 0.338 e. The van der Waals surface area contributed by atoms with Gasteiger partial charge in [0, 0.05) is 28.7 Å². The largest absolute Gasteiger partial charge is 0.463 e. The number of thiazole rings is 1. The first-order valence-electron chi connectivity index (χ1n) is 12.0. The lowest BCUT2D eigenvalue weighted by molar-refractivity contribution is -0.384. The number of allylic oxidation sites excluding steroid dienone is 1. The Labute approximate surface area is 230 Å². The summed E-state index contributed by atoms with van der Waals surface area (Å²) in [4.78, 5) is 43.3. The van der Waals surface area contributed by atoms with Gasteiger partial charge >= 0.3 is 5.97 Å². The van der Waals surface area contributed by atoms with Gasteiger partial charge in [-0.1, -0.05) is 23.5 Å². The van der Waals surface area contributed by atoms with Gasteiger partial charge in [0.25, 0.3) is 11.2 Å². The average molecular weight is 562 g/mol. The van der Waals surface area contributed by atoms with E-state index in [1.165, 1.54) is 28.0 Å². The number of hydrogen-bond donors (Lipinski definition) is 0. The topological polar surface area (TPSA) is 117 Å². The minimum absolute atomic E-state index is 0.0123. The summed E-state index contributed by atoms with van der Waals surface area (Å²) < 4.78 is 13.2. The van der Waals surface area contributed by atoms with Gasteiger partial charge in [0.05, 0.1) is 33.4 Å². The fraction of sp³-hybridized carbons (Fsp3) is 0.179. The number of nitrogens with zero attached hydrogens (tertiary/aromatic N) is 3. The van der Waals surface area contributed by atoms with Crippen molar-refractivity contribution in [3.63, 3.8) is 0 Å². The molecule has 198 valence electrons. The van der Waals surface area contributed by atoms with E-state index in [9.17, 15) is 19.7 Å². The highest BCUT2D eigenvalue weighted by atomic mass is 32.2. The normalized spacial score (nSPS) is 15.2. The van der Waals surface area contributed by atoms with Gasteiger partial charge in [-0.2, -0.15) is 0 Å². The number of aromatic nitrogens is 1. The first-order valence-corrected chi connectivity index (χ1v) is 14.0. The Balaban J connectivity index is 1.59. The molecule has 0 N–H and O–H groups in total. The van der Waals surface area contributed by atoms with Gasteiger partial charge < -0.3 is 9.15 Å². The van der Waals surface area contributed by atoms with Gasteiger partial charge in [0.2, 0.25) is 0 Å². The summed E-state index contributed by atoms with van der Waals surface area (Å²) in [6.07, 6.45) is 3.61. The molecule has 3 heterocycles. The van der Waals surface area contributed by atoms with Crippen LogP contribution in [0.2, 0.25) is 0 Å². The highest BCUT2D eigenvalue weighted by Crippen LogP contribution is 2.32. The Kier molecular flexibility index (Phi) is 7.36. The number of benzene rings is 2. The molecule has 0 unspecified atom stereocenters. The van der Waals surface area contributed by atoms with Crippen molar-refractivity contribution in [1.29, 1.82) is 0 Å². The molecule has 1 aliphatic heterocycles. The molecule has 0 radical (unpaired) electrons. The minimum Gasteiger partial charge on any atom is -0.463 e. The zero-order valence-corrected chi connectivity index (χ0v) is 22.9. The third-order valence-electron chi connectivity index (χ3n) is 6.21. The van der Waals surface area contributed by atoms with Gasteiger partial charge in [-0.15, -0.1) is 11.8 Å². The first kappa shape index (κ1) is 26.4. The van der Waals surface area contributed by atoms with Crippen molar-refractivity contribution >= 4 is 40.8 Å². The number of non-ortho nitro benzene ring substituents is 1. The Bertz CT molecular complexity index is 1780. The van der Waals surface area contributed by atoms with Gasteiger partial charge in [0.15, 0.2) is 4.80 Å². The van der Waals surface area contributed by atoms with Crippen LogP contribution < -0.4 is 14.9 Å². The molecular weight excluding hydrogens is 538 g/mol. The third-order valence-corrected chi connectivity index (χ3v) is 7.94. The number of nitro groups is 1. The van der Waals surface area contributed by atoms with E-state index in [1.54, 1.807) is 56.0 Å². The van der Waals surface area contributed by atoms with E-state index in [4.69, 9.17) is 9.15 Å². The van der Waals surface area contributed by atoms with Crippen LogP contribution >= 0.6 is 23.1 Å². The van der Waals surface area contributed by atoms with Crippen molar-refractivity contribution < 1.29 is 18.9 Å². The number of nitro benzene ring substituents is 1. The van der Waals surface area contributed by atoms with E-state index in [1.807, 2.05) is 30.5 Å². The van der Waals surface area contributed by atoms with E-state index in [0.717, 1.165) is 10.5 Å².